The van der Waals surface area contributed by atoms with Gasteiger partial charge in [-0.1, -0.05) is 12.1 Å². The number of rotatable bonds is 5. The molecule has 0 aliphatic rings. The lowest BCUT2D eigenvalue weighted by atomic mass is 10.1. The van der Waals surface area contributed by atoms with Gasteiger partial charge in [0.05, 0.1) is 0 Å². The Kier molecular flexibility index (Phi) is 5.21. The van der Waals surface area contributed by atoms with E-state index in [2.05, 4.69) is 11.6 Å². The van der Waals surface area contributed by atoms with Crippen molar-refractivity contribution in [3.63, 3.8) is 0 Å². The highest BCUT2D eigenvalue weighted by Gasteiger charge is 2.03. The molecule has 0 atom stereocenters. The van der Waals surface area contributed by atoms with Crippen LogP contribution in [0.5, 0.6) is 0 Å². The summed E-state index contributed by atoms with van der Waals surface area (Å²) in [6.07, 6.45) is 2.06. The topological polar surface area (TPSA) is 55.1 Å². The van der Waals surface area contributed by atoms with Crippen LogP contribution in [0, 0.1) is 0 Å². The van der Waals surface area contributed by atoms with E-state index in [-0.39, 0.29) is 5.91 Å². The lowest BCUT2D eigenvalue weighted by Crippen LogP contribution is -2.28. The summed E-state index contributed by atoms with van der Waals surface area (Å²) < 4.78 is 0. The number of carbonyl (C=O) groups is 1. The average molecular weight is 224 g/mol. The fourth-order valence-electron chi connectivity index (χ4n) is 1.21. The lowest BCUT2D eigenvalue weighted by molar-refractivity contribution is 0.0955. The van der Waals surface area contributed by atoms with Gasteiger partial charge in [-0.3, -0.25) is 4.79 Å². The van der Waals surface area contributed by atoms with Crippen LogP contribution in [0.3, 0.4) is 0 Å². The Hall–Kier alpha value is -1.00. The van der Waals surface area contributed by atoms with Gasteiger partial charge in [0.15, 0.2) is 0 Å². The fourth-order valence-corrected chi connectivity index (χ4v) is 1.73. The minimum Gasteiger partial charge on any atom is -0.351 e. The van der Waals surface area contributed by atoms with E-state index in [4.69, 9.17) is 5.73 Å². The maximum absolute atomic E-state index is 11.5. The van der Waals surface area contributed by atoms with E-state index in [9.17, 15) is 4.79 Å². The molecule has 1 amide bonds. The molecule has 4 heteroatoms. The van der Waals surface area contributed by atoms with Gasteiger partial charge in [0.2, 0.25) is 0 Å². The molecule has 0 spiro atoms. The average Bonchev–Trinajstić information content (AvgIpc) is 2.27. The van der Waals surface area contributed by atoms with Crippen molar-refractivity contribution in [2.75, 3.05) is 19.3 Å². The van der Waals surface area contributed by atoms with E-state index in [1.807, 2.05) is 24.3 Å². The van der Waals surface area contributed by atoms with E-state index < -0.39 is 0 Å². The lowest BCUT2D eigenvalue weighted by Gasteiger charge is -2.04. The van der Waals surface area contributed by atoms with Gasteiger partial charge in [-0.2, -0.15) is 11.8 Å². The van der Waals surface area contributed by atoms with Gasteiger partial charge in [0, 0.05) is 24.4 Å². The Bertz CT molecular complexity index is 311. The highest BCUT2D eigenvalue weighted by Crippen LogP contribution is 2.10. The molecule has 3 N–H and O–H groups in total. The summed E-state index contributed by atoms with van der Waals surface area (Å²) in [5, 5.41) is 2.73. The number of amides is 1. The monoisotopic (exact) mass is 224 g/mol. The standard InChI is InChI=1S/C11H16N2OS/c1-15-8-9-2-4-10(5-3-9)11(14)13-7-6-12/h2-5H,6-8,12H2,1H3,(H,13,14). The summed E-state index contributed by atoms with van der Waals surface area (Å²) in [5.41, 5.74) is 7.22. The van der Waals surface area contributed by atoms with Gasteiger partial charge in [0.25, 0.3) is 5.91 Å². The molecule has 0 bridgehead atoms. The van der Waals surface area contributed by atoms with E-state index >= 15 is 0 Å². The normalized spacial score (nSPS) is 10.0. The summed E-state index contributed by atoms with van der Waals surface area (Å²) in [6, 6.07) is 7.65. The maximum Gasteiger partial charge on any atom is 0.251 e. The molecule has 1 rings (SSSR count). The second-order valence-electron chi connectivity index (χ2n) is 3.17. The van der Waals surface area contributed by atoms with Gasteiger partial charge in [-0.15, -0.1) is 0 Å². The molecule has 0 aliphatic carbocycles. The first-order valence-electron chi connectivity index (χ1n) is 4.84. The summed E-state index contributed by atoms with van der Waals surface area (Å²) in [4.78, 5) is 11.5. The number of nitrogens with two attached hydrogens (primary N) is 1. The van der Waals surface area contributed by atoms with Crippen LogP contribution in [0.25, 0.3) is 0 Å². The Morgan fingerprint density at radius 2 is 2.07 bits per heavy atom. The molecule has 0 aromatic heterocycles. The minimum atomic E-state index is -0.0591. The van der Waals surface area contributed by atoms with Crippen molar-refractivity contribution in [3.8, 4) is 0 Å². The Morgan fingerprint density at radius 3 is 2.60 bits per heavy atom. The molecule has 82 valence electrons. The van der Waals surface area contributed by atoms with Gasteiger partial charge in [-0.05, 0) is 24.0 Å². The number of hydrogen-bond donors (Lipinski definition) is 2. The third-order valence-electron chi connectivity index (χ3n) is 1.96. The van der Waals surface area contributed by atoms with Crippen molar-refractivity contribution in [1.82, 2.24) is 5.32 Å². The number of hydrogen-bond acceptors (Lipinski definition) is 3. The van der Waals surface area contributed by atoms with Crippen LogP contribution in [-0.2, 0) is 5.75 Å². The van der Waals surface area contributed by atoms with Crippen molar-refractivity contribution in [3.05, 3.63) is 35.4 Å². The Labute approximate surface area is 94.4 Å². The molecule has 0 saturated heterocycles. The SMILES string of the molecule is CSCc1ccc(C(=O)NCCN)cc1. The van der Waals surface area contributed by atoms with Crippen LogP contribution >= 0.6 is 11.8 Å². The molecule has 0 radical (unpaired) electrons. The van der Waals surface area contributed by atoms with E-state index in [1.54, 1.807) is 11.8 Å². The highest BCUT2D eigenvalue weighted by molar-refractivity contribution is 7.97. The number of carbonyl (C=O) groups excluding carboxylic acids is 1. The van der Waals surface area contributed by atoms with Crippen molar-refractivity contribution < 1.29 is 4.79 Å². The van der Waals surface area contributed by atoms with Gasteiger partial charge >= 0.3 is 0 Å². The van der Waals surface area contributed by atoms with Crippen molar-refractivity contribution in [1.29, 1.82) is 0 Å². The maximum atomic E-state index is 11.5. The quantitative estimate of drug-likeness (QED) is 0.791. The molecular weight excluding hydrogens is 208 g/mol. The summed E-state index contributed by atoms with van der Waals surface area (Å²) >= 11 is 1.77. The van der Waals surface area contributed by atoms with Crippen LogP contribution in [0.1, 0.15) is 15.9 Å². The molecule has 0 heterocycles. The van der Waals surface area contributed by atoms with Gasteiger partial charge in [-0.25, -0.2) is 0 Å². The molecule has 0 fully saturated rings. The first kappa shape index (κ1) is 12.1. The molecule has 0 saturated carbocycles. The molecule has 1 aromatic carbocycles. The zero-order valence-corrected chi connectivity index (χ0v) is 9.64. The minimum absolute atomic E-state index is 0.0591. The van der Waals surface area contributed by atoms with Crippen LogP contribution in [-0.4, -0.2) is 25.3 Å². The molecule has 15 heavy (non-hydrogen) atoms. The number of thioether (sulfide) groups is 1. The number of nitrogens with one attached hydrogen (secondary N) is 1. The van der Waals surface area contributed by atoms with Gasteiger partial charge < -0.3 is 11.1 Å². The molecule has 0 aliphatic heterocycles. The van der Waals surface area contributed by atoms with Crippen LogP contribution in [0.15, 0.2) is 24.3 Å². The zero-order valence-electron chi connectivity index (χ0n) is 8.82. The van der Waals surface area contributed by atoms with Crippen LogP contribution in [0.2, 0.25) is 0 Å². The van der Waals surface area contributed by atoms with Crippen molar-refractivity contribution >= 4 is 17.7 Å². The predicted octanol–water partition coefficient (Wildman–Crippen LogP) is 1.24. The summed E-state index contributed by atoms with van der Waals surface area (Å²) in [6.45, 7) is 0.988. The Balaban J connectivity index is 2.58. The summed E-state index contributed by atoms with van der Waals surface area (Å²) in [7, 11) is 0. The van der Waals surface area contributed by atoms with Crippen LogP contribution < -0.4 is 11.1 Å². The zero-order chi connectivity index (χ0) is 11.1. The largest absolute Gasteiger partial charge is 0.351 e. The number of benzene rings is 1. The Morgan fingerprint density at radius 1 is 1.40 bits per heavy atom. The van der Waals surface area contributed by atoms with E-state index in [0.29, 0.717) is 18.7 Å². The predicted molar refractivity (Wildman–Crippen MR) is 65.0 cm³/mol. The van der Waals surface area contributed by atoms with Gasteiger partial charge in [0.1, 0.15) is 0 Å². The van der Waals surface area contributed by atoms with Crippen LogP contribution in [0.4, 0.5) is 0 Å². The third kappa shape index (κ3) is 3.93. The second-order valence-corrected chi connectivity index (χ2v) is 4.04. The third-order valence-corrected chi connectivity index (χ3v) is 2.58. The highest BCUT2D eigenvalue weighted by atomic mass is 32.2. The second kappa shape index (κ2) is 6.48. The van der Waals surface area contributed by atoms with E-state index in [1.165, 1.54) is 5.56 Å². The first-order valence-corrected chi connectivity index (χ1v) is 6.23. The van der Waals surface area contributed by atoms with Crippen molar-refractivity contribution in [2.24, 2.45) is 5.73 Å². The molecule has 0 unspecified atom stereocenters. The first-order chi connectivity index (χ1) is 7.27. The van der Waals surface area contributed by atoms with Crippen molar-refractivity contribution in [2.45, 2.75) is 5.75 Å². The van der Waals surface area contributed by atoms with E-state index in [0.717, 1.165) is 5.75 Å². The molecular formula is C11H16N2OS. The molecule has 1 aromatic rings. The molecule has 3 nitrogen and oxygen atoms in total. The fraction of sp³-hybridized carbons (Fsp3) is 0.364. The smallest absolute Gasteiger partial charge is 0.251 e. The summed E-state index contributed by atoms with van der Waals surface area (Å²) in [5.74, 6) is 0.918.